The number of hydrogen-bond acceptors (Lipinski definition) is 3. The van der Waals surface area contributed by atoms with E-state index in [4.69, 9.17) is 21.7 Å². The molecule has 1 aliphatic heterocycles. The second kappa shape index (κ2) is 7.46. The number of benzene rings is 1. The van der Waals surface area contributed by atoms with Crippen LogP contribution in [0.15, 0.2) is 24.3 Å². The summed E-state index contributed by atoms with van der Waals surface area (Å²) >= 11 is 5.38. The highest BCUT2D eigenvalue weighted by atomic mass is 32.1. The highest BCUT2D eigenvalue weighted by molar-refractivity contribution is 7.80. The second-order valence-corrected chi connectivity index (χ2v) is 5.13. The van der Waals surface area contributed by atoms with Crippen molar-refractivity contribution < 1.29 is 9.47 Å². The van der Waals surface area contributed by atoms with Crippen molar-refractivity contribution in [2.75, 3.05) is 19.8 Å². The van der Waals surface area contributed by atoms with Gasteiger partial charge in [0, 0.05) is 18.7 Å². The zero-order valence-corrected chi connectivity index (χ0v) is 12.2. The normalized spacial score (nSPS) is 18.3. The molecule has 2 rings (SSSR count). The van der Waals surface area contributed by atoms with Gasteiger partial charge < -0.3 is 14.8 Å². The van der Waals surface area contributed by atoms with Gasteiger partial charge in [-0.15, -0.1) is 0 Å². The molecule has 1 aromatic carbocycles. The molecule has 0 unspecified atom stereocenters. The fraction of sp³-hybridized carbons (Fsp3) is 0.533. The first-order valence-corrected chi connectivity index (χ1v) is 7.33. The van der Waals surface area contributed by atoms with Gasteiger partial charge in [0.2, 0.25) is 0 Å². The zero-order chi connectivity index (χ0) is 13.5. The summed E-state index contributed by atoms with van der Waals surface area (Å²) < 4.78 is 11.1. The van der Waals surface area contributed by atoms with E-state index in [0.29, 0.717) is 6.10 Å². The Balaban J connectivity index is 1.81. The Hall–Kier alpha value is -1.13. The first-order chi connectivity index (χ1) is 9.29. The van der Waals surface area contributed by atoms with Gasteiger partial charge in [-0.25, -0.2) is 0 Å². The van der Waals surface area contributed by atoms with E-state index < -0.39 is 0 Å². The summed E-state index contributed by atoms with van der Waals surface area (Å²) in [6.45, 7) is 4.52. The molecule has 104 valence electrons. The van der Waals surface area contributed by atoms with Gasteiger partial charge in [-0.3, -0.25) is 0 Å². The van der Waals surface area contributed by atoms with Crippen molar-refractivity contribution in [3.63, 3.8) is 0 Å². The summed E-state index contributed by atoms with van der Waals surface area (Å²) in [7, 11) is 0. The van der Waals surface area contributed by atoms with Gasteiger partial charge in [0.15, 0.2) is 0 Å². The van der Waals surface area contributed by atoms with Crippen LogP contribution in [0.1, 0.15) is 31.7 Å². The number of hydrogen-bond donors (Lipinski definition) is 1. The van der Waals surface area contributed by atoms with E-state index in [2.05, 4.69) is 12.2 Å². The van der Waals surface area contributed by atoms with Crippen LogP contribution in [0.5, 0.6) is 5.75 Å². The van der Waals surface area contributed by atoms with E-state index in [-0.39, 0.29) is 0 Å². The Morgan fingerprint density at radius 1 is 1.42 bits per heavy atom. The average Bonchev–Trinajstić information content (AvgIpc) is 2.96. The van der Waals surface area contributed by atoms with Crippen LogP contribution in [0.4, 0.5) is 0 Å². The number of ether oxygens (including phenoxy) is 2. The summed E-state index contributed by atoms with van der Waals surface area (Å²) in [5, 5.41) is 3.27. The molecule has 1 N–H and O–H groups in total. The summed E-state index contributed by atoms with van der Waals surface area (Å²) in [6, 6.07) is 7.92. The molecule has 0 bridgehead atoms. The van der Waals surface area contributed by atoms with Gasteiger partial charge >= 0.3 is 0 Å². The molecule has 1 fully saturated rings. The Kier molecular flexibility index (Phi) is 5.61. The van der Waals surface area contributed by atoms with E-state index in [0.717, 1.165) is 55.3 Å². The van der Waals surface area contributed by atoms with Crippen molar-refractivity contribution in [1.29, 1.82) is 0 Å². The Morgan fingerprint density at radius 2 is 2.21 bits per heavy atom. The van der Waals surface area contributed by atoms with Gasteiger partial charge in [0.1, 0.15) is 10.7 Å². The van der Waals surface area contributed by atoms with E-state index in [9.17, 15) is 0 Å². The van der Waals surface area contributed by atoms with Gasteiger partial charge in [-0.05, 0) is 43.5 Å². The minimum atomic E-state index is 0.310. The smallest absolute Gasteiger partial charge is 0.119 e. The maximum Gasteiger partial charge on any atom is 0.119 e. The molecule has 19 heavy (non-hydrogen) atoms. The number of nitrogens with one attached hydrogen (secondary N) is 1. The summed E-state index contributed by atoms with van der Waals surface area (Å²) in [5.74, 6) is 0.896. The number of thiocarbonyl (C=S) groups is 1. The molecular weight excluding hydrogens is 258 g/mol. The highest BCUT2D eigenvalue weighted by Gasteiger charge is 2.15. The van der Waals surface area contributed by atoms with Crippen LogP contribution < -0.4 is 10.1 Å². The van der Waals surface area contributed by atoms with Crippen LogP contribution in [-0.2, 0) is 4.74 Å². The first-order valence-electron chi connectivity index (χ1n) is 6.92. The average molecular weight is 279 g/mol. The molecular formula is C15H21NO2S. The topological polar surface area (TPSA) is 30.5 Å². The molecule has 1 saturated heterocycles. The first kappa shape index (κ1) is 14.3. The molecule has 3 nitrogen and oxygen atoms in total. The fourth-order valence-corrected chi connectivity index (χ4v) is 2.26. The van der Waals surface area contributed by atoms with Gasteiger partial charge in [-0.2, -0.15) is 0 Å². The zero-order valence-electron chi connectivity index (χ0n) is 11.4. The molecule has 1 heterocycles. The minimum Gasteiger partial charge on any atom is -0.494 e. The lowest BCUT2D eigenvalue weighted by molar-refractivity contribution is 0.114. The van der Waals surface area contributed by atoms with E-state index in [1.165, 1.54) is 0 Å². The quantitative estimate of drug-likeness (QED) is 0.811. The SMILES string of the molecule is CCCOc1ccc(C(=S)NC[C@H]2CCCO2)cc1. The van der Waals surface area contributed by atoms with Crippen LogP contribution in [-0.4, -0.2) is 30.9 Å². The summed E-state index contributed by atoms with van der Waals surface area (Å²) in [5.41, 5.74) is 1.02. The Labute approximate surface area is 120 Å². The maximum absolute atomic E-state index is 5.56. The van der Waals surface area contributed by atoms with Crippen molar-refractivity contribution >= 4 is 17.2 Å². The van der Waals surface area contributed by atoms with Crippen LogP contribution in [0.3, 0.4) is 0 Å². The maximum atomic E-state index is 5.56. The highest BCUT2D eigenvalue weighted by Crippen LogP contribution is 2.14. The second-order valence-electron chi connectivity index (χ2n) is 4.72. The number of rotatable bonds is 6. The molecule has 0 spiro atoms. The minimum absolute atomic E-state index is 0.310. The van der Waals surface area contributed by atoms with Crippen LogP contribution >= 0.6 is 12.2 Å². The van der Waals surface area contributed by atoms with Crippen LogP contribution in [0.25, 0.3) is 0 Å². The van der Waals surface area contributed by atoms with Crippen LogP contribution in [0, 0.1) is 0 Å². The third-order valence-corrected chi connectivity index (χ3v) is 3.48. The summed E-state index contributed by atoms with van der Waals surface area (Å²) in [4.78, 5) is 0.776. The van der Waals surface area contributed by atoms with Crippen molar-refractivity contribution in [1.82, 2.24) is 5.32 Å². The fourth-order valence-electron chi connectivity index (χ4n) is 2.04. The van der Waals surface area contributed by atoms with E-state index in [1.54, 1.807) is 0 Å². The van der Waals surface area contributed by atoms with Crippen LogP contribution in [0.2, 0.25) is 0 Å². The third kappa shape index (κ3) is 4.48. The van der Waals surface area contributed by atoms with Gasteiger partial charge in [0.25, 0.3) is 0 Å². The molecule has 0 amide bonds. The summed E-state index contributed by atoms with van der Waals surface area (Å²) in [6.07, 6.45) is 3.61. The van der Waals surface area contributed by atoms with Gasteiger partial charge in [0.05, 0.1) is 12.7 Å². The third-order valence-electron chi connectivity index (χ3n) is 3.10. The standard InChI is InChI=1S/C15H21NO2S/c1-2-9-17-13-7-5-12(6-8-13)15(19)16-11-14-4-3-10-18-14/h5-8,14H,2-4,9-11H2,1H3,(H,16,19)/t14-/m1/s1. The van der Waals surface area contributed by atoms with E-state index in [1.807, 2.05) is 24.3 Å². The predicted octanol–water partition coefficient (Wildman–Crippen LogP) is 2.92. The molecule has 0 aliphatic carbocycles. The Morgan fingerprint density at radius 3 is 2.84 bits per heavy atom. The Bertz CT molecular complexity index is 399. The van der Waals surface area contributed by atoms with Crippen molar-refractivity contribution in [3.8, 4) is 5.75 Å². The molecule has 4 heteroatoms. The molecule has 0 aromatic heterocycles. The van der Waals surface area contributed by atoms with Gasteiger partial charge in [-0.1, -0.05) is 19.1 Å². The molecule has 1 aliphatic rings. The predicted molar refractivity (Wildman–Crippen MR) is 80.9 cm³/mol. The lowest BCUT2D eigenvalue weighted by atomic mass is 10.2. The van der Waals surface area contributed by atoms with E-state index >= 15 is 0 Å². The van der Waals surface area contributed by atoms with Crippen molar-refractivity contribution in [2.45, 2.75) is 32.3 Å². The molecule has 0 radical (unpaired) electrons. The lowest BCUT2D eigenvalue weighted by Gasteiger charge is -2.13. The molecule has 0 saturated carbocycles. The molecule has 1 atom stereocenters. The van der Waals surface area contributed by atoms with Crippen molar-refractivity contribution in [3.05, 3.63) is 29.8 Å². The van der Waals surface area contributed by atoms with Crippen molar-refractivity contribution in [2.24, 2.45) is 0 Å². The monoisotopic (exact) mass is 279 g/mol. The molecule has 1 aromatic rings. The largest absolute Gasteiger partial charge is 0.494 e. The lowest BCUT2D eigenvalue weighted by Crippen LogP contribution is -2.31.